The lowest BCUT2D eigenvalue weighted by Crippen LogP contribution is -2.32. The van der Waals surface area contributed by atoms with Gasteiger partial charge in [-0.1, -0.05) is 39.5 Å². The molecule has 0 radical (unpaired) electrons. The average molecular weight is 250 g/mol. The van der Waals surface area contributed by atoms with Gasteiger partial charge in [-0.05, 0) is 31.1 Å². The quantitative estimate of drug-likeness (QED) is 0.786. The monoisotopic (exact) mass is 250 g/mol. The Morgan fingerprint density at radius 3 is 2.89 bits per heavy atom. The molecule has 1 rings (SSSR count). The average Bonchev–Trinajstić information content (AvgIpc) is 2.36. The molecule has 18 heavy (non-hydrogen) atoms. The second-order valence-electron chi connectivity index (χ2n) is 5.69. The molecule has 3 heteroatoms. The van der Waals surface area contributed by atoms with Gasteiger partial charge in [0.05, 0.1) is 6.07 Å². The molecule has 1 aliphatic rings. The molecule has 3 atom stereocenters. The third-order valence-electron chi connectivity index (χ3n) is 3.95. The molecule has 1 saturated carbocycles. The van der Waals surface area contributed by atoms with Gasteiger partial charge in [0.1, 0.15) is 5.92 Å². The normalized spacial score (nSPS) is 25.2. The Labute approximate surface area is 111 Å². The summed E-state index contributed by atoms with van der Waals surface area (Å²) in [7, 11) is 0. The molecule has 3 nitrogen and oxygen atoms in total. The minimum Gasteiger partial charge on any atom is -0.355 e. The number of hydrogen-bond acceptors (Lipinski definition) is 2. The van der Waals surface area contributed by atoms with Crippen LogP contribution in [0.1, 0.15) is 58.8 Å². The maximum absolute atomic E-state index is 11.7. The molecule has 102 valence electrons. The summed E-state index contributed by atoms with van der Waals surface area (Å²) in [5, 5.41) is 11.8. The fourth-order valence-electron chi connectivity index (χ4n) is 2.89. The highest BCUT2D eigenvalue weighted by Crippen LogP contribution is 2.30. The Morgan fingerprint density at radius 2 is 2.28 bits per heavy atom. The van der Waals surface area contributed by atoms with Crippen LogP contribution in [0.5, 0.6) is 0 Å². The molecule has 0 spiro atoms. The fourth-order valence-corrected chi connectivity index (χ4v) is 2.89. The van der Waals surface area contributed by atoms with E-state index in [2.05, 4.69) is 18.3 Å². The standard InChI is InChI=1S/C15H26N2O/c1-3-5-14(11-16)15(18)17-9-8-13-7-4-6-12(2)10-13/h12-14H,3-10H2,1-2H3,(H,17,18). The Morgan fingerprint density at radius 1 is 1.50 bits per heavy atom. The summed E-state index contributed by atoms with van der Waals surface area (Å²) in [4.78, 5) is 11.7. The predicted molar refractivity (Wildman–Crippen MR) is 72.8 cm³/mol. The Bertz CT molecular complexity index is 295. The highest BCUT2D eigenvalue weighted by molar-refractivity contribution is 5.80. The van der Waals surface area contributed by atoms with Crippen LogP contribution >= 0.6 is 0 Å². The smallest absolute Gasteiger partial charge is 0.237 e. The second-order valence-corrected chi connectivity index (χ2v) is 5.69. The first-order valence-electron chi connectivity index (χ1n) is 7.34. The lowest BCUT2D eigenvalue weighted by Gasteiger charge is -2.26. The third kappa shape index (κ3) is 5.08. The summed E-state index contributed by atoms with van der Waals surface area (Å²) < 4.78 is 0. The van der Waals surface area contributed by atoms with Gasteiger partial charge in [0.15, 0.2) is 0 Å². The van der Waals surface area contributed by atoms with Gasteiger partial charge in [0, 0.05) is 6.54 Å². The summed E-state index contributed by atoms with van der Waals surface area (Å²) in [6, 6.07) is 2.09. The molecule has 0 bridgehead atoms. The summed E-state index contributed by atoms with van der Waals surface area (Å²) in [6.45, 7) is 5.05. The van der Waals surface area contributed by atoms with Crippen LogP contribution in [-0.2, 0) is 4.79 Å². The van der Waals surface area contributed by atoms with Gasteiger partial charge >= 0.3 is 0 Å². The van der Waals surface area contributed by atoms with Gasteiger partial charge in [-0.25, -0.2) is 0 Å². The van der Waals surface area contributed by atoms with E-state index in [0.29, 0.717) is 6.42 Å². The molecular formula is C15H26N2O. The van der Waals surface area contributed by atoms with E-state index in [1.807, 2.05) is 6.92 Å². The SMILES string of the molecule is CCCC(C#N)C(=O)NCCC1CCCC(C)C1. The molecular weight excluding hydrogens is 224 g/mol. The number of carbonyl (C=O) groups is 1. The van der Waals surface area contributed by atoms with E-state index < -0.39 is 5.92 Å². The van der Waals surface area contributed by atoms with Crippen LogP contribution in [0, 0.1) is 29.1 Å². The van der Waals surface area contributed by atoms with E-state index in [1.165, 1.54) is 25.7 Å². The summed E-state index contributed by atoms with van der Waals surface area (Å²) in [6.07, 6.45) is 7.91. The zero-order chi connectivity index (χ0) is 13.4. The molecule has 3 unspecified atom stereocenters. The third-order valence-corrected chi connectivity index (χ3v) is 3.95. The van der Waals surface area contributed by atoms with Gasteiger partial charge in [-0.3, -0.25) is 4.79 Å². The van der Waals surface area contributed by atoms with Crippen LogP contribution < -0.4 is 5.32 Å². The molecule has 0 saturated heterocycles. The molecule has 0 aliphatic heterocycles. The van der Waals surface area contributed by atoms with Crippen LogP contribution in [0.15, 0.2) is 0 Å². The van der Waals surface area contributed by atoms with Crippen LogP contribution in [0.25, 0.3) is 0 Å². The van der Waals surface area contributed by atoms with Crippen LogP contribution in [0.4, 0.5) is 0 Å². The maximum atomic E-state index is 11.7. The van der Waals surface area contributed by atoms with Crippen molar-refractivity contribution in [3.63, 3.8) is 0 Å². The number of nitriles is 1. The largest absolute Gasteiger partial charge is 0.355 e. The van der Waals surface area contributed by atoms with E-state index in [-0.39, 0.29) is 5.91 Å². The van der Waals surface area contributed by atoms with Crippen molar-refractivity contribution in [2.24, 2.45) is 17.8 Å². The first-order valence-corrected chi connectivity index (χ1v) is 7.34. The molecule has 1 fully saturated rings. The topological polar surface area (TPSA) is 52.9 Å². The van der Waals surface area contributed by atoms with Gasteiger partial charge in [0.25, 0.3) is 0 Å². The first-order chi connectivity index (χ1) is 8.67. The minimum absolute atomic E-state index is 0.0804. The van der Waals surface area contributed by atoms with E-state index >= 15 is 0 Å². The number of rotatable bonds is 6. The molecule has 1 N–H and O–H groups in total. The maximum Gasteiger partial charge on any atom is 0.237 e. The van der Waals surface area contributed by atoms with E-state index in [0.717, 1.165) is 31.2 Å². The van der Waals surface area contributed by atoms with Crippen LogP contribution in [0.2, 0.25) is 0 Å². The Kier molecular flexibility index (Phi) is 6.78. The van der Waals surface area contributed by atoms with Crippen LogP contribution in [-0.4, -0.2) is 12.5 Å². The molecule has 0 aromatic rings. The zero-order valence-electron chi connectivity index (χ0n) is 11.7. The number of hydrogen-bond donors (Lipinski definition) is 1. The van der Waals surface area contributed by atoms with Crippen LogP contribution in [0.3, 0.4) is 0 Å². The van der Waals surface area contributed by atoms with Gasteiger partial charge in [0.2, 0.25) is 5.91 Å². The summed E-state index contributed by atoms with van der Waals surface area (Å²) in [5.41, 5.74) is 0. The van der Waals surface area contributed by atoms with Gasteiger partial charge < -0.3 is 5.32 Å². The van der Waals surface area contributed by atoms with Crippen molar-refractivity contribution in [2.45, 2.75) is 58.8 Å². The number of nitrogens with zero attached hydrogens (tertiary/aromatic N) is 1. The van der Waals surface area contributed by atoms with Gasteiger partial charge in [-0.2, -0.15) is 5.26 Å². The molecule has 0 aromatic heterocycles. The minimum atomic E-state index is -0.458. The molecule has 1 aliphatic carbocycles. The van der Waals surface area contributed by atoms with Crippen molar-refractivity contribution in [2.75, 3.05) is 6.54 Å². The van der Waals surface area contributed by atoms with Crippen molar-refractivity contribution >= 4 is 5.91 Å². The van der Waals surface area contributed by atoms with E-state index in [9.17, 15) is 4.79 Å². The molecule has 0 heterocycles. The fraction of sp³-hybridized carbons (Fsp3) is 0.867. The second kappa shape index (κ2) is 8.13. The predicted octanol–water partition coefficient (Wildman–Crippen LogP) is 3.26. The van der Waals surface area contributed by atoms with Crippen molar-refractivity contribution < 1.29 is 4.79 Å². The van der Waals surface area contributed by atoms with Gasteiger partial charge in [-0.15, -0.1) is 0 Å². The zero-order valence-corrected chi connectivity index (χ0v) is 11.7. The van der Waals surface area contributed by atoms with E-state index in [4.69, 9.17) is 5.26 Å². The molecule has 1 amide bonds. The number of carbonyl (C=O) groups excluding carboxylic acids is 1. The van der Waals surface area contributed by atoms with E-state index in [1.54, 1.807) is 0 Å². The van der Waals surface area contributed by atoms with Crippen molar-refractivity contribution in [3.8, 4) is 6.07 Å². The lowest BCUT2D eigenvalue weighted by atomic mass is 9.81. The van der Waals surface area contributed by atoms with Crippen molar-refractivity contribution in [3.05, 3.63) is 0 Å². The summed E-state index contributed by atoms with van der Waals surface area (Å²) >= 11 is 0. The Hall–Kier alpha value is -1.04. The Balaban J connectivity index is 2.20. The van der Waals surface area contributed by atoms with Crippen molar-refractivity contribution in [1.29, 1.82) is 5.26 Å². The highest BCUT2D eigenvalue weighted by atomic mass is 16.1. The van der Waals surface area contributed by atoms with Crippen molar-refractivity contribution in [1.82, 2.24) is 5.32 Å². The first kappa shape index (κ1) is 15.0. The molecule has 0 aromatic carbocycles. The number of amides is 1. The lowest BCUT2D eigenvalue weighted by molar-refractivity contribution is -0.123. The number of nitrogens with one attached hydrogen (secondary N) is 1. The summed E-state index contributed by atoms with van der Waals surface area (Å²) in [5.74, 6) is 1.07. The highest BCUT2D eigenvalue weighted by Gasteiger charge is 2.20.